The molecule has 3 aromatic rings. The zero-order chi connectivity index (χ0) is 20.8. The second-order valence-electron chi connectivity index (χ2n) is 6.46. The lowest BCUT2D eigenvalue weighted by molar-refractivity contribution is 0.101. The Morgan fingerprint density at radius 2 is 1.45 bits per heavy atom. The van der Waals surface area contributed by atoms with Crippen LogP contribution in [0.1, 0.15) is 21.0 Å². The van der Waals surface area contributed by atoms with Gasteiger partial charge in [-0.1, -0.05) is 18.2 Å². The minimum absolute atomic E-state index is 0.131. The number of para-hydroxylation sites is 2. The number of pyridine rings is 1. The Morgan fingerprint density at radius 1 is 0.828 bits per heavy atom. The lowest BCUT2D eigenvalue weighted by atomic mass is 10.2. The van der Waals surface area contributed by atoms with E-state index in [1.54, 1.807) is 36.4 Å². The van der Waals surface area contributed by atoms with Crippen molar-refractivity contribution in [3.63, 3.8) is 0 Å². The Balaban J connectivity index is 1.72. The summed E-state index contributed by atoms with van der Waals surface area (Å²) in [6.45, 7) is 0. The number of hydrogen-bond donors (Lipinski definition) is 2. The molecule has 1 heterocycles. The van der Waals surface area contributed by atoms with Crippen LogP contribution in [0, 0.1) is 0 Å². The first-order valence-corrected chi connectivity index (χ1v) is 8.98. The topological polar surface area (TPSA) is 83.6 Å². The van der Waals surface area contributed by atoms with E-state index in [9.17, 15) is 9.59 Å². The maximum atomic E-state index is 12.6. The number of nitrogens with one attached hydrogen (secondary N) is 2. The number of carbonyl (C=O) groups is 2. The molecular formula is C22H22N4O3. The third kappa shape index (κ3) is 4.90. The molecule has 3 rings (SSSR count). The number of ether oxygens (including phenoxy) is 1. The minimum Gasteiger partial charge on any atom is -0.495 e. The van der Waals surface area contributed by atoms with Crippen molar-refractivity contribution in [1.29, 1.82) is 0 Å². The molecule has 0 saturated heterocycles. The van der Waals surface area contributed by atoms with Crippen molar-refractivity contribution < 1.29 is 14.3 Å². The molecule has 2 aromatic carbocycles. The van der Waals surface area contributed by atoms with Gasteiger partial charge in [-0.25, -0.2) is 4.98 Å². The number of carbonyl (C=O) groups excluding carboxylic acids is 2. The first-order valence-electron chi connectivity index (χ1n) is 8.98. The van der Waals surface area contributed by atoms with Crippen molar-refractivity contribution >= 4 is 28.9 Å². The third-order valence-corrected chi connectivity index (χ3v) is 4.21. The second kappa shape index (κ2) is 8.88. The first-order chi connectivity index (χ1) is 14.0. The van der Waals surface area contributed by atoms with Crippen LogP contribution < -0.4 is 20.3 Å². The highest BCUT2D eigenvalue weighted by molar-refractivity contribution is 6.06. The highest BCUT2D eigenvalue weighted by atomic mass is 16.5. The molecule has 2 amide bonds. The average molecular weight is 390 g/mol. The molecule has 0 fully saturated rings. The van der Waals surface area contributed by atoms with E-state index >= 15 is 0 Å². The van der Waals surface area contributed by atoms with Crippen LogP contribution in [0.3, 0.4) is 0 Å². The number of aromatic nitrogens is 1. The van der Waals surface area contributed by atoms with E-state index < -0.39 is 11.8 Å². The predicted molar refractivity (Wildman–Crippen MR) is 114 cm³/mol. The molecule has 0 spiro atoms. The van der Waals surface area contributed by atoms with Gasteiger partial charge in [-0.2, -0.15) is 0 Å². The predicted octanol–water partition coefficient (Wildman–Crippen LogP) is 3.66. The van der Waals surface area contributed by atoms with Crippen LogP contribution in [0.5, 0.6) is 5.75 Å². The summed E-state index contributed by atoms with van der Waals surface area (Å²) in [5.74, 6) is -0.287. The quantitative estimate of drug-likeness (QED) is 0.671. The molecule has 29 heavy (non-hydrogen) atoms. The van der Waals surface area contributed by atoms with Crippen LogP contribution in [0.4, 0.5) is 17.1 Å². The van der Waals surface area contributed by atoms with Crippen LogP contribution in [0.2, 0.25) is 0 Å². The summed E-state index contributed by atoms with van der Waals surface area (Å²) in [6.07, 6.45) is 0. The van der Waals surface area contributed by atoms with Gasteiger partial charge >= 0.3 is 0 Å². The van der Waals surface area contributed by atoms with Crippen LogP contribution >= 0.6 is 0 Å². The number of amides is 2. The van der Waals surface area contributed by atoms with Crippen molar-refractivity contribution in [2.75, 3.05) is 36.7 Å². The molecule has 0 unspecified atom stereocenters. The van der Waals surface area contributed by atoms with Crippen molar-refractivity contribution in [2.24, 2.45) is 0 Å². The standard InChI is InChI=1S/C22H22N4O3/c1-26(2)16-13-11-15(12-14-16)23-21(27)18-8-6-9-19(24-18)22(28)25-17-7-4-5-10-20(17)29-3/h4-14H,1-3H3,(H,23,27)(H,25,28). The molecule has 0 aliphatic heterocycles. The van der Waals surface area contributed by atoms with Crippen LogP contribution in [0.25, 0.3) is 0 Å². The fourth-order valence-corrected chi connectivity index (χ4v) is 2.66. The van der Waals surface area contributed by atoms with Crippen LogP contribution in [-0.4, -0.2) is 38.0 Å². The Kier molecular flexibility index (Phi) is 6.09. The molecule has 7 nitrogen and oxygen atoms in total. The van der Waals surface area contributed by atoms with Gasteiger partial charge in [0, 0.05) is 25.5 Å². The van der Waals surface area contributed by atoms with Gasteiger partial charge < -0.3 is 20.3 Å². The van der Waals surface area contributed by atoms with Gasteiger partial charge in [0.2, 0.25) is 0 Å². The Morgan fingerprint density at radius 3 is 2.07 bits per heavy atom. The largest absolute Gasteiger partial charge is 0.495 e. The Bertz CT molecular complexity index is 1020. The molecule has 0 atom stereocenters. The molecule has 0 saturated carbocycles. The van der Waals surface area contributed by atoms with Gasteiger partial charge in [-0.05, 0) is 48.5 Å². The summed E-state index contributed by atoms with van der Waals surface area (Å²) in [4.78, 5) is 31.2. The fourth-order valence-electron chi connectivity index (χ4n) is 2.66. The van der Waals surface area contributed by atoms with E-state index in [1.165, 1.54) is 7.11 Å². The molecule has 0 aliphatic carbocycles. The summed E-state index contributed by atoms with van der Waals surface area (Å²) in [5.41, 5.74) is 2.47. The highest BCUT2D eigenvalue weighted by Gasteiger charge is 2.14. The number of hydrogen-bond acceptors (Lipinski definition) is 5. The van der Waals surface area contributed by atoms with Gasteiger partial charge in [-0.3, -0.25) is 9.59 Å². The van der Waals surface area contributed by atoms with Gasteiger partial charge in [0.1, 0.15) is 17.1 Å². The normalized spacial score (nSPS) is 10.2. The lowest BCUT2D eigenvalue weighted by Gasteiger charge is -2.13. The third-order valence-electron chi connectivity index (χ3n) is 4.21. The maximum Gasteiger partial charge on any atom is 0.274 e. The van der Waals surface area contributed by atoms with Crippen molar-refractivity contribution in [3.8, 4) is 5.75 Å². The van der Waals surface area contributed by atoms with Gasteiger partial charge in [-0.15, -0.1) is 0 Å². The van der Waals surface area contributed by atoms with E-state index in [0.29, 0.717) is 17.1 Å². The molecular weight excluding hydrogens is 368 g/mol. The minimum atomic E-state index is -0.431. The molecule has 0 bridgehead atoms. The monoisotopic (exact) mass is 390 g/mol. The number of methoxy groups -OCH3 is 1. The average Bonchev–Trinajstić information content (AvgIpc) is 2.74. The Hall–Kier alpha value is -3.87. The summed E-state index contributed by atoms with van der Waals surface area (Å²) < 4.78 is 5.23. The summed E-state index contributed by atoms with van der Waals surface area (Å²) in [7, 11) is 5.41. The van der Waals surface area contributed by atoms with Crippen LogP contribution in [0.15, 0.2) is 66.7 Å². The molecule has 7 heteroatoms. The molecule has 1 aromatic heterocycles. The number of anilines is 3. The maximum absolute atomic E-state index is 12.6. The SMILES string of the molecule is COc1ccccc1NC(=O)c1cccc(C(=O)Nc2ccc(N(C)C)cc2)n1. The summed E-state index contributed by atoms with van der Waals surface area (Å²) >= 11 is 0. The molecule has 0 aliphatic rings. The Labute approximate surface area is 169 Å². The van der Waals surface area contributed by atoms with E-state index in [0.717, 1.165) is 5.69 Å². The van der Waals surface area contributed by atoms with Gasteiger partial charge in [0.25, 0.3) is 11.8 Å². The molecule has 2 N–H and O–H groups in total. The summed E-state index contributed by atoms with van der Waals surface area (Å²) in [5, 5.41) is 5.53. The van der Waals surface area contributed by atoms with Gasteiger partial charge in [0.05, 0.1) is 12.8 Å². The van der Waals surface area contributed by atoms with Gasteiger partial charge in [0.15, 0.2) is 0 Å². The molecule has 148 valence electrons. The second-order valence-corrected chi connectivity index (χ2v) is 6.46. The highest BCUT2D eigenvalue weighted by Crippen LogP contribution is 2.23. The van der Waals surface area contributed by atoms with E-state index in [4.69, 9.17) is 4.74 Å². The van der Waals surface area contributed by atoms with E-state index in [2.05, 4.69) is 15.6 Å². The summed E-state index contributed by atoms with van der Waals surface area (Å²) in [6, 6.07) is 19.2. The van der Waals surface area contributed by atoms with Crippen molar-refractivity contribution in [3.05, 3.63) is 78.1 Å². The van der Waals surface area contributed by atoms with Crippen molar-refractivity contribution in [1.82, 2.24) is 4.98 Å². The van der Waals surface area contributed by atoms with E-state index in [1.807, 2.05) is 49.3 Å². The number of rotatable bonds is 6. The van der Waals surface area contributed by atoms with Crippen LogP contribution in [-0.2, 0) is 0 Å². The lowest BCUT2D eigenvalue weighted by Crippen LogP contribution is -2.18. The smallest absolute Gasteiger partial charge is 0.274 e. The first kappa shape index (κ1) is 19.9. The number of benzene rings is 2. The molecule has 0 radical (unpaired) electrons. The zero-order valence-corrected chi connectivity index (χ0v) is 16.5. The van der Waals surface area contributed by atoms with Crippen molar-refractivity contribution in [2.45, 2.75) is 0 Å². The number of nitrogens with zero attached hydrogens (tertiary/aromatic N) is 2. The zero-order valence-electron chi connectivity index (χ0n) is 16.5. The fraction of sp³-hybridized carbons (Fsp3) is 0.136. The van der Waals surface area contributed by atoms with E-state index in [-0.39, 0.29) is 11.4 Å².